The van der Waals surface area contributed by atoms with Crippen LogP contribution in [0, 0.1) is 0 Å². The van der Waals surface area contributed by atoms with Gasteiger partial charge < -0.3 is 10.2 Å². The number of aromatic nitrogens is 2. The fourth-order valence-electron chi connectivity index (χ4n) is 3.10. The minimum atomic E-state index is -0.614. The molecule has 1 fully saturated rings. The van der Waals surface area contributed by atoms with E-state index < -0.39 is 6.04 Å². The number of hydrogen-bond acceptors (Lipinski definition) is 3. The number of amides is 2. The van der Waals surface area contributed by atoms with E-state index in [4.69, 9.17) is 0 Å². The van der Waals surface area contributed by atoms with E-state index in [0.717, 1.165) is 18.4 Å². The van der Waals surface area contributed by atoms with E-state index in [-0.39, 0.29) is 17.9 Å². The van der Waals surface area contributed by atoms with E-state index in [1.165, 1.54) is 0 Å². The normalized spacial score (nSPS) is 16.1. The first-order chi connectivity index (χ1) is 12.1. The van der Waals surface area contributed by atoms with Crippen molar-refractivity contribution in [2.45, 2.75) is 45.2 Å². The Labute approximate surface area is 147 Å². The van der Waals surface area contributed by atoms with Crippen LogP contribution in [0.4, 0.5) is 5.69 Å². The molecular formula is C19H24N4O2. The summed E-state index contributed by atoms with van der Waals surface area (Å²) < 4.78 is 1.79. The zero-order chi connectivity index (χ0) is 17.8. The number of nitrogens with one attached hydrogen (secondary N) is 1. The molecule has 1 saturated heterocycles. The van der Waals surface area contributed by atoms with Crippen molar-refractivity contribution in [2.75, 3.05) is 11.9 Å². The molecule has 2 amide bonds. The molecule has 1 atom stereocenters. The molecule has 0 saturated carbocycles. The number of anilines is 1. The molecule has 1 aliphatic rings. The second kappa shape index (κ2) is 7.51. The van der Waals surface area contributed by atoms with Crippen LogP contribution in [0.1, 0.15) is 50.8 Å². The number of nitrogens with zero attached hydrogens (tertiary/aromatic N) is 3. The third kappa shape index (κ3) is 3.90. The summed E-state index contributed by atoms with van der Waals surface area (Å²) in [5.74, 6) is -0.169. The van der Waals surface area contributed by atoms with Gasteiger partial charge in [0.25, 0.3) is 5.91 Å². The van der Waals surface area contributed by atoms with E-state index in [1.54, 1.807) is 15.8 Å². The second-order valence-corrected chi connectivity index (χ2v) is 6.65. The van der Waals surface area contributed by atoms with Gasteiger partial charge in [0.15, 0.2) is 0 Å². The van der Waals surface area contributed by atoms with E-state index in [0.29, 0.717) is 18.7 Å². The van der Waals surface area contributed by atoms with Crippen LogP contribution in [0.2, 0.25) is 0 Å². The molecule has 0 bridgehead atoms. The number of benzene rings is 1. The van der Waals surface area contributed by atoms with Crippen LogP contribution in [0.5, 0.6) is 0 Å². The second-order valence-electron chi connectivity index (χ2n) is 6.65. The lowest BCUT2D eigenvalue weighted by atomic mass is 10.0. The Bertz CT molecular complexity index is 739. The summed E-state index contributed by atoms with van der Waals surface area (Å²) in [7, 11) is 0. The van der Waals surface area contributed by atoms with Crippen LogP contribution < -0.4 is 5.32 Å². The molecule has 6 heteroatoms. The molecular weight excluding hydrogens is 316 g/mol. The molecule has 25 heavy (non-hydrogen) atoms. The van der Waals surface area contributed by atoms with Crippen LogP contribution in [0.25, 0.3) is 0 Å². The standard InChI is InChI=1S/C19H24N4O2/c1-14(2)23-13-16(12-20-23)21-19(25)18(15-8-4-3-5-9-15)22-11-7-6-10-17(22)24/h3-5,8-9,12-14,18H,6-7,10-11H2,1-2H3,(H,21,25)/t18-/m0/s1. The molecule has 1 aromatic heterocycles. The van der Waals surface area contributed by atoms with Gasteiger partial charge in [-0.05, 0) is 32.3 Å². The topological polar surface area (TPSA) is 67.2 Å². The van der Waals surface area contributed by atoms with E-state index >= 15 is 0 Å². The fourth-order valence-corrected chi connectivity index (χ4v) is 3.10. The first-order valence-corrected chi connectivity index (χ1v) is 8.75. The van der Waals surface area contributed by atoms with Crippen LogP contribution in [-0.2, 0) is 9.59 Å². The Morgan fingerprint density at radius 1 is 1.20 bits per heavy atom. The third-order valence-corrected chi connectivity index (χ3v) is 4.43. The number of likely N-dealkylation sites (tertiary alicyclic amines) is 1. The molecule has 132 valence electrons. The van der Waals surface area contributed by atoms with E-state index in [2.05, 4.69) is 10.4 Å². The van der Waals surface area contributed by atoms with Crippen LogP contribution in [0.15, 0.2) is 42.7 Å². The van der Waals surface area contributed by atoms with Crippen molar-refractivity contribution < 1.29 is 9.59 Å². The third-order valence-electron chi connectivity index (χ3n) is 4.43. The van der Waals surface area contributed by atoms with Gasteiger partial charge in [0.1, 0.15) is 6.04 Å². The molecule has 2 heterocycles. The maximum absolute atomic E-state index is 13.0. The highest BCUT2D eigenvalue weighted by Gasteiger charge is 2.32. The van der Waals surface area contributed by atoms with Gasteiger partial charge in [0.2, 0.25) is 5.91 Å². The van der Waals surface area contributed by atoms with Gasteiger partial charge in [0, 0.05) is 25.2 Å². The van der Waals surface area contributed by atoms with Crippen LogP contribution in [-0.4, -0.2) is 33.0 Å². The fraction of sp³-hybridized carbons (Fsp3) is 0.421. The zero-order valence-corrected chi connectivity index (χ0v) is 14.7. The lowest BCUT2D eigenvalue weighted by molar-refractivity contribution is -0.141. The number of carbonyl (C=O) groups excluding carboxylic acids is 2. The predicted molar refractivity (Wildman–Crippen MR) is 96.0 cm³/mol. The minimum Gasteiger partial charge on any atom is -0.327 e. The van der Waals surface area contributed by atoms with Crippen molar-refractivity contribution in [3.05, 3.63) is 48.3 Å². The van der Waals surface area contributed by atoms with Gasteiger partial charge in [-0.1, -0.05) is 30.3 Å². The minimum absolute atomic E-state index is 0.0353. The van der Waals surface area contributed by atoms with Crippen molar-refractivity contribution in [2.24, 2.45) is 0 Å². The van der Waals surface area contributed by atoms with Crippen molar-refractivity contribution in [1.29, 1.82) is 0 Å². The van der Waals surface area contributed by atoms with Crippen LogP contribution >= 0.6 is 0 Å². The maximum Gasteiger partial charge on any atom is 0.251 e. The van der Waals surface area contributed by atoms with Crippen molar-refractivity contribution in [3.63, 3.8) is 0 Å². The smallest absolute Gasteiger partial charge is 0.251 e. The maximum atomic E-state index is 13.0. The Hall–Kier alpha value is -2.63. The Morgan fingerprint density at radius 2 is 1.96 bits per heavy atom. The summed E-state index contributed by atoms with van der Waals surface area (Å²) in [6.07, 6.45) is 5.76. The van der Waals surface area contributed by atoms with Gasteiger partial charge in [-0.2, -0.15) is 5.10 Å². The van der Waals surface area contributed by atoms with Crippen LogP contribution in [0.3, 0.4) is 0 Å². The molecule has 0 aliphatic carbocycles. The van der Waals surface area contributed by atoms with Gasteiger partial charge in [0.05, 0.1) is 11.9 Å². The van der Waals surface area contributed by atoms with Gasteiger partial charge in [-0.15, -0.1) is 0 Å². The molecule has 0 unspecified atom stereocenters. The first kappa shape index (κ1) is 17.2. The summed E-state index contributed by atoms with van der Waals surface area (Å²) >= 11 is 0. The van der Waals surface area contributed by atoms with Crippen molar-refractivity contribution in [3.8, 4) is 0 Å². The summed E-state index contributed by atoms with van der Waals surface area (Å²) in [6.45, 7) is 4.66. The van der Waals surface area contributed by atoms with Crippen molar-refractivity contribution in [1.82, 2.24) is 14.7 Å². The Kier molecular flexibility index (Phi) is 5.16. The Balaban J connectivity index is 1.85. The molecule has 0 spiro atoms. The molecule has 6 nitrogen and oxygen atoms in total. The van der Waals surface area contributed by atoms with Gasteiger partial charge in [-0.25, -0.2) is 0 Å². The highest BCUT2D eigenvalue weighted by Crippen LogP contribution is 2.27. The molecule has 0 radical (unpaired) electrons. The zero-order valence-electron chi connectivity index (χ0n) is 14.7. The summed E-state index contributed by atoms with van der Waals surface area (Å²) in [4.78, 5) is 27.1. The Morgan fingerprint density at radius 3 is 2.60 bits per heavy atom. The summed E-state index contributed by atoms with van der Waals surface area (Å²) in [6, 6.07) is 9.08. The highest BCUT2D eigenvalue weighted by molar-refractivity contribution is 5.97. The largest absolute Gasteiger partial charge is 0.327 e. The lowest BCUT2D eigenvalue weighted by Gasteiger charge is -2.34. The molecule has 1 N–H and O–H groups in total. The summed E-state index contributed by atoms with van der Waals surface area (Å²) in [5, 5.41) is 7.17. The highest BCUT2D eigenvalue weighted by atomic mass is 16.2. The van der Waals surface area contributed by atoms with E-state index in [9.17, 15) is 9.59 Å². The van der Waals surface area contributed by atoms with E-state index in [1.807, 2.05) is 50.4 Å². The summed E-state index contributed by atoms with van der Waals surface area (Å²) in [5.41, 5.74) is 1.47. The van der Waals surface area contributed by atoms with Crippen molar-refractivity contribution >= 4 is 17.5 Å². The molecule has 3 rings (SSSR count). The SMILES string of the molecule is CC(C)n1cc(NC(=O)[C@H](c2ccccc2)N2CCCCC2=O)cn1. The average molecular weight is 340 g/mol. The number of hydrogen-bond donors (Lipinski definition) is 1. The monoisotopic (exact) mass is 340 g/mol. The number of piperidine rings is 1. The van der Waals surface area contributed by atoms with Gasteiger partial charge >= 0.3 is 0 Å². The first-order valence-electron chi connectivity index (χ1n) is 8.75. The average Bonchev–Trinajstić information content (AvgIpc) is 3.07. The molecule has 2 aromatic rings. The number of rotatable bonds is 5. The van der Waals surface area contributed by atoms with Gasteiger partial charge in [-0.3, -0.25) is 14.3 Å². The lowest BCUT2D eigenvalue weighted by Crippen LogP contribution is -2.43. The molecule has 1 aliphatic heterocycles. The predicted octanol–water partition coefficient (Wildman–Crippen LogP) is 3.16. The molecule has 1 aromatic carbocycles. The quantitative estimate of drug-likeness (QED) is 0.909. The number of carbonyl (C=O) groups is 2.